The van der Waals surface area contributed by atoms with Crippen molar-refractivity contribution in [1.82, 2.24) is 4.90 Å². The fraction of sp³-hybridized carbons (Fsp3) is 0.500. The summed E-state index contributed by atoms with van der Waals surface area (Å²) < 4.78 is 0. The number of hydrogen-bond acceptors (Lipinski definition) is 2. The van der Waals surface area contributed by atoms with Gasteiger partial charge in [0.15, 0.2) is 0 Å². The van der Waals surface area contributed by atoms with Crippen LogP contribution >= 0.6 is 0 Å². The van der Waals surface area contributed by atoms with Crippen LogP contribution < -0.4 is 0 Å². The van der Waals surface area contributed by atoms with Crippen molar-refractivity contribution < 1.29 is 9.59 Å². The van der Waals surface area contributed by atoms with Crippen LogP contribution in [0.15, 0.2) is 24.3 Å². The zero-order valence-electron chi connectivity index (χ0n) is 12.3. The number of nitrogens with zero attached hydrogens (tertiary/aromatic N) is 1. The van der Waals surface area contributed by atoms with Crippen LogP contribution in [0, 0.1) is 0 Å². The van der Waals surface area contributed by atoms with Gasteiger partial charge in [-0.3, -0.25) is 9.59 Å². The second kappa shape index (κ2) is 7.07. The smallest absolute Gasteiger partial charge is 0.230 e. The molecule has 1 aromatic rings. The van der Waals surface area contributed by atoms with Gasteiger partial charge in [0.1, 0.15) is 5.78 Å². The second-order valence-corrected chi connectivity index (χ2v) is 5.18. The van der Waals surface area contributed by atoms with Gasteiger partial charge in [0, 0.05) is 13.6 Å². The van der Waals surface area contributed by atoms with Crippen LogP contribution in [0.2, 0.25) is 0 Å². The highest BCUT2D eigenvalue weighted by atomic mass is 16.2. The summed E-state index contributed by atoms with van der Waals surface area (Å²) in [5.41, 5.74) is 2.41. The summed E-state index contributed by atoms with van der Waals surface area (Å²) >= 11 is 0. The number of carbonyl (C=O) groups is 2. The van der Waals surface area contributed by atoms with Crippen LogP contribution in [0.1, 0.15) is 50.7 Å². The zero-order chi connectivity index (χ0) is 14.4. The molecule has 19 heavy (non-hydrogen) atoms. The van der Waals surface area contributed by atoms with Crippen molar-refractivity contribution in [2.75, 3.05) is 7.05 Å². The van der Waals surface area contributed by atoms with E-state index in [9.17, 15) is 9.59 Å². The Balaban J connectivity index is 2.62. The number of amides is 1. The standard InChI is InChI=1S/C16H23NO2/c1-5-12(2)15-8-6-14(7-9-15)11-17(4)16(19)10-13(3)18/h6-9,12H,5,10-11H2,1-4H3. The Morgan fingerprint density at radius 2 is 1.79 bits per heavy atom. The van der Waals surface area contributed by atoms with Crippen LogP contribution in [0.3, 0.4) is 0 Å². The minimum absolute atomic E-state index is 0.0124. The van der Waals surface area contributed by atoms with Gasteiger partial charge < -0.3 is 4.90 Å². The quantitative estimate of drug-likeness (QED) is 0.738. The van der Waals surface area contributed by atoms with Gasteiger partial charge in [-0.1, -0.05) is 38.1 Å². The zero-order valence-corrected chi connectivity index (χ0v) is 12.3. The lowest BCUT2D eigenvalue weighted by Crippen LogP contribution is -2.27. The average Bonchev–Trinajstić information content (AvgIpc) is 2.37. The van der Waals surface area contributed by atoms with Crippen LogP contribution in [0.25, 0.3) is 0 Å². The first-order valence-electron chi connectivity index (χ1n) is 6.76. The van der Waals surface area contributed by atoms with Crippen molar-refractivity contribution in [1.29, 1.82) is 0 Å². The molecule has 0 heterocycles. The predicted molar refractivity (Wildman–Crippen MR) is 76.9 cm³/mol. The lowest BCUT2D eigenvalue weighted by molar-refractivity contribution is -0.134. The van der Waals surface area contributed by atoms with Crippen LogP contribution in [0.4, 0.5) is 0 Å². The maximum Gasteiger partial charge on any atom is 0.230 e. The number of benzene rings is 1. The number of carbonyl (C=O) groups excluding carboxylic acids is 2. The topological polar surface area (TPSA) is 37.4 Å². The number of hydrogen-bond donors (Lipinski definition) is 0. The van der Waals surface area contributed by atoms with E-state index in [0.717, 1.165) is 12.0 Å². The monoisotopic (exact) mass is 261 g/mol. The van der Waals surface area contributed by atoms with E-state index in [1.165, 1.54) is 12.5 Å². The van der Waals surface area contributed by atoms with Crippen molar-refractivity contribution in [3.63, 3.8) is 0 Å². The third kappa shape index (κ3) is 4.86. The first kappa shape index (κ1) is 15.4. The van der Waals surface area contributed by atoms with Crippen LogP contribution in [-0.2, 0) is 16.1 Å². The fourth-order valence-corrected chi connectivity index (χ4v) is 1.90. The number of ketones is 1. The molecule has 0 aliphatic carbocycles. The van der Waals surface area contributed by atoms with Gasteiger partial charge in [-0.15, -0.1) is 0 Å². The number of Topliss-reactive ketones (excluding diaryl/α,β-unsaturated/α-hetero) is 1. The first-order valence-corrected chi connectivity index (χ1v) is 6.76. The van der Waals surface area contributed by atoms with E-state index < -0.39 is 0 Å². The molecule has 0 saturated carbocycles. The molecule has 1 amide bonds. The third-order valence-corrected chi connectivity index (χ3v) is 3.41. The second-order valence-electron chi connectivity index (χ2n) is 5.18. The van der Waals surface area contributed by atoms with Gasteiger partial charge in [-0.05, 0) is 30.4 Å². The van der Waals surface area contributed by atoms with Crippen LogP contribution in [0.5, 0.6) is 0 Å². The molecule has 0 radical (unpaired) electrons. The summed E-state index contributed by atoms with van der Waals surface area (Å²) in [5, 5.41) is 0. The van der Waals surface area contributed by atoms with Crippen molar-refractivity contribution in [2.24, 2.45) is 0 Å². The molecule has 0 aliphatic heterocycles. The normalized spacial score (nSPS) is 12.0. The highest BCUT2D eigenvalue weighted by molar-refractivity contribution is 5.96. The minimum Gasteiger partial charge on any atom is -0.341 e. The van der Waals surface area contributed by atoms with Crippen molar-refractivity contribution in [3.05, 3.63) is 35.4 Å². The highest BCUT2D eigenvalue weighted by Gasteiger charge is 2.11. The molecule has 1 atom stereocenters. The van der Waals surface area contributed by atoms with E-state index in [0.29, 0.717) is 12.5 Å². The van der Waals surface area contributed by atoms with E-state index in [4.69, 9.17) is 0 Å². The van der Waals surface area contributed by atoms with E-state index in [-0.39, 0.29) is 18.1 Å². The first-order chi connectivity index (χ1) is 8.93. The van der Waals surface area contributed by atoms with E-state index in [1.807, 2.05) is 0 Å². The Labute approximate surface area is 115 Å². The Morgan fingerprint density at radius 3 is 2.26 bits per heavy atom. The molecular weight excluding hydrogens is 238 g/mol. The summed E-state index contributed by atoms with van der Waals surface area (Å²) in [6, 6.07) is 8.34. The molecule has 0 aromatic heterocycles. The molecule has 0 aliphatic rings. The van der Waals surface area contributed by atoms with E-state index >= 15 is 0 Å². The molecule has 0 bridgehead atoms. The summed E-state index contributed by atoms with van der Waals surface area (Å²) in [6.45, 7) is 6.36. The molecule has 0 saturated heterocycles. The van der Waals surface area contributed by atoms with Gasteiger partial charge in [0.25, 0.3) is 0 Å². The summed E-state index contributed by atoms with van der Waals surface area (Å²) in [4.78, 5) is 24.2. The van der Waals surface area contributed by atoms with Crippen molar-refractivity contribution in [3.8, 4) is 0 Å². The molecule has 3 nitrogen and oxygen atoms in total. The van der Waals surface area contributed by atoms with Gasteiger partial charge in [0.2, 0.25) is 5.91 Å². The molecule has 1 unspecified atom stereocenters. The SMILES string of the molecule is CCC(C)c1ccc(CN(C)C(=O)CC(C)=O)cc1. The van der Waals surface area contributed by atoms with Gasteiger partial charge in [-0.2, -0.15) is 0 Å². The summed E-state index contributed by atoms with van der Waals surface area (Å²) in [6.07, 6.45) is 1.11. The lowest BCUT2D eigenvalue weighted by Gasteiger charge is -2.17. The Kier molecular flexibility index (Phi) is 5.74. The van der Waals surface area contributed by atoms with Gasteiger partial charge >= 0.3 is 0 Å². The molecule has 104 valence electrons. The van der Waals surface area contributed by atoms with Crippen molar-refractivity contribution in [2.45, 2.75) is 46.1 Å². The number of rotatable bonds is 6. The largest absolute Gasteiger partial charge is 0.341 e. The Hall–Kier alpha value is -1.64. The van der Waals surface area contributed by atoms with Crippen molar-refractivity contribution >= 4 is 11.7 Å². The Bertz CT molecular complexity index is 437. The maximum atomic E-state index is 11.7. The van der Waals surface area contributed by atoms with E-state index in [2.05, 4.69) is 38.1 Å². The lowest BCUT2D eigenvalue weighted by atomic mass is 9.97. The molecule has 3 heteroatoms. The molecule has 0 N–H and O–H groups in total. The molecule has 0 fully saturated rings. The minimum atomic E-state index is -0.126. The fourth-order valence-electron chi connectivity index (χ4n) is 1.90. The summed E-state index contributed by atoms with van der Waals surface area (Å²) in [5.74, 6) is 0.341. The maximum absolute atomic E-state index is 11.7. The van der Waals surface area contributed by atoms with Gasteiger partial charge in [0.05, 0.1) is 6.42 Å². The van der Waals surface area contributed by atoms with Gasteiger partial charge in [-0.25, -0.2) is 0 Å². The molecule has 0 spiro atoms. The Morgan fingerprint density at radius 1 is 1.21 bits per heavy atom. The van der Waals surface area contributed by atoms with E-state index in [1.54, 1.807) is 11.9 Å². The summed E-state index contributed by atoms with van der Waals surface area (Å²) in [7, 11) is 1.73. The highest BCUT2D eigenvalue weighted by Crippen LogP contribution is 2.19. The molecule has 1 rings (SSSR count). The third-order valence-electron chi connectivity index (χ3n) is 3.41. The molecule has 1 aromatic carbocycles. The average molecular weight is 261 g/mol. The molecular formula is C16H23NO2. The van der Waals surface area contributed by atoms with Crippen LogP contribution in [-0.4, -0.2) is 23.6 Å². The predicted octanol–water partition coefficient (Wildman–Crippen LogP) is 3.14.